The van der Waals surface area contributed by atoms with E-state index in [1.165, 1.54) is 0 Å². The van der Waals surface area contributed by atoms with E-state index in [1.54, 1.807) is 42.6 Å². The maximum atomic E-state index is 10.9. The Hall–Kier alpha value is -2.67. The molecule has 2 rings (SSSR count). The molecule has 2 aromatic rings. The van der Waals surface area contributed by atoms with Crippen LogP contribution in [0.1, 0.15) is 15.9 Å². The number of benzene rings is 1. The van der Waals surface area contributed by atoms with Crippen LogP contribution in [0, 0.1) is 11.3 Å². The molecule has 17 heavy (non-hydrogen) atoms. The van der Waals surface area contributed by atoms with Gasteiger partial charge in [-0.15, -0.1) is 0 Å². The molecule has 0 radical (unpaired) electrons. The van der Waals surface area contributed by atoms with Crippen molar-refractivity contribution < 1.29 is 4.79 Å². The Labute approximate surface area is 98.3 Å². The second-order valence-corrected chi connectivity index (χ2v) is 3.45. The molecule has 1 aromatic carbocycles. The minimum atomic E-state index is -0.474. The molecule has 2 N–H and O–H groups in total. The highest BCUT2D eigenvalue weighted by Gasteiger charge is 2.06. The van der Waals surface area contributed by atoms with E-state index in [2.05, 4.69) is 11.1 Å². The second kappa shape index (κ2) is 4.45. The van der Waals surface area contributed by atoms with Crippen LogP contribution in [0.25, 0.3) is 11.3 Å². The number of hydrogen-bond acceptors (Lipinski definition) is 3. The first-order valence-corrected chi connectivity index (χ1v) is 4.97. The maximum Gasteiger partial charge on any atom is 0.248 e. The molecule has 0 unspecified atom stereocenters. The molecule has 1 heterocycles. The number of primary amides is 1. The average Bonchev–Trinajstić information content (AvgIpc) is 2.39. The number of hydrogen-bond donors (Lipinski definition) is 1. The van der Waals surface area contributed by atoms with E-state index in [-0.39, 0.29) is 0 Å². The molecular formula is C13H9N3O. The highest BCUT2D eigenvalue weighted by Crippen LogP contribution is 2.20. The van der Waals surface area contributed by atoms with Crippen molar-refractivity contribution >= 4 is 5.91 Å². The van der Waals surface area contributed by atoms with Crippen LogP contribution in [0.15, 0.2) is 42.6 Å². The third-order valence-electron chi connectivity index (χ3n) is 2.37. The van der Waals surface area contributed by atoms with Gasteiger partial charge in [-0.25, -0.2) is 0 Å². The largest absolute Gasteiger partial charge is 0.366 e. The molecule has 0 atom stereocenters. The number of nitriles is 1. The molecule has 1 aromatic heterocycles. The average molecular weight is 223 g/mol. The minimum absolute atomic E-state index is 0.434. The molecular weight excluding hydrogens is 214 g/mol. The summed E-state index contributed by atoms with van der Waals surface area (Å²) in [6.07, 6.45) is 1.62. The Morgan fingerprint density at radius 3 is 2.53 bits per heavy atom. The van der Waals surface area contributed by atoms with E-state index >= 15 is 0 Å². The van der Waals surface area contributed by atoms with Crippen LogP contribution in [0.4, 0.5) is 0 Å². The van der Waals surface area contributed by atoms with Gasteiger partial charge in [-0.05, 0) is 24.3 Å². The fourth-order valence-corrected chi connectivity index (χ4v) is 1.52. The molecule has 0 saturated carbocycles. The Morgan fingerprint density at radius 1 is 1.24 bits per heavy atom. The summed E-state index contributed by atoms with van der Waals surface area (Å²) < 4.78 is 0. The van der Waals surface area contributed by atoms with E-state index in [4.69, 9.17) is 11.0 Å². The van der Waals surface area contributed by atoms with Crippen molar-refractivity contribution in [3.8, 4) is 17.3 Å². The standard InChI is InChI=1S/C13H9N3O/c14-8-11-2-1-7-16-12(11)9-3-5-10(6-4-9)13(15)17/h1-7H,(H2,15,17). The van der Waals surface area contributed by atoms with Crippen molar-refractivity contribution in [2.45, 2.75) is 0 Å². The predicted molar refractivity (Wildman–Crippen MR) is 62.9 cm³/mol. The highest BCUT2D eigenvalue weighted by atomic mass is 16.1. The van der Waals surface area contributed by atoms with Gasteiger partial charge in [0, 0.05) is 17.3 Å². The number of carbonyl (C=O) groups excluding carboxylic acids is 1. The van der Waals surface area contributed by atoms with E-state index in [1.807, 2.05) is 0 Å². The first-order valence-electron chi connectivity index (χ1n) is 4.97. The number of aromatic nitrogens is 1. The number of carbonyl (C=O) groups is 1. The highest BCUT2D eigenvalue weighted by molar-refractivity contribution is 5.93. The van der Waals surface area contributed by atoms with Crippen molar-refractivity contribution in [2.24, 2.45) is 5.73 Å². The monoisotopic (exact) mass is 223 g/mol. The number of nitrogens with zero attached hydrogens (tertiary/aromatic N) is 2. The first kappa shape index (κ1) is 10.8. The number of amides is 1. The minimum Gasteiger partial charge on any atom is -0.366 e. The summed E-state index contributed by atoms with van der Waals surface area (Å²) in [6.45, 7) is 0. The summed E-state index contributed by atoms with van der Waals surface area (Å²) in [5.74, 6) is -0.474. The van der Waals surface area contributed by atoms with Crippen molar-refractivity contribution in [1.82, 2.24) is 4.98 Å². The third kappa shape index (κ3) is 2.13. The Morgan fingerprint density at radius 2 is 1.94 bits per heavy atom. The van der Waals surface area contributed by atoms with Gasteiger partial charge < -0.3 is 5.73 Å². The van der Waals surface area contributed by atoms with Gasteiger partial charge in [0.1, 0.15) is 6.07 Å². The normalized spacial score (nSPS) is 9.59. The van der Waals surface area contributed by atoms with Gasteiger partial charge in [-0.2, -0.15) is 5.26 Å². The number of nitrogens with two attached hydrogens (primary N) is 1. The van der Waals surface area contributed by atoms with Gasteiger partial charge in [0.25, 0.3) is 0 Å². The van der Waals surface area contributed by atoms with Crippen LogP contribution in [-0.4, -0.2) is 10.9 Å². The summed E-state index contributed by atoms with van der Waals surface area (Å²) in [4.78, 5) is 15.1. The number of pyridine rings is 1. The summed E-state index contributed by atoms with van der Waals surface area (Å²) in [6, 6.07) is 12.2. The fourth-order valence-electron chi connectivity index (χ4n) is 1.52. The zero-order valence-electron chi connectivity index (χ0n) is 8.92. The lowest BCUT2D eigenvalue weighted by atomic mass is 10.0. The quantitative estimate of drug-likeness (QED) is 0.841. The molecule has 4 heteroatoms. The topological polar surface area (TPSA) is 79.8 Å². The zero-order valence-corrected chi connectivity index (χ0v) is 8.92. The van der Waals surface area contributed by atoms with Crippen LogP contribution < -0.4 is 5.73 Å². The van der Waals surface area contributed by atoms with Crippen LogP contribution in [0.3, 0.4) is 0 Å². The van der Waals surface area contributed by atoms with Crippen molar-refractivity contribution in [2.75, 3.05) is 0 Å². The second-order valence-electron chi connectivity index (χ2n) is 3.45. The van der Waals surface area contributed by atoms with Gasteiger partial charge in [0.2, 0.25) is 5.91 Å². The fraction of sp³-hybridized carbons (Fsp3) is 0. The molecule has 0 bridgehead atoms. The number of rotatable bonds is 2. The molecule has 0 spiro atoms. The molecule has 1 amide bonds. The van der Waals surface area contributed by atoms with Crippen molar-refractivity contribution in [3.63, 3.8) is 0 Å². The Balaban J connectivity index is 2.47. The summed E-state index contributed by atoms with van der Waals surface area (Å²) in [5, 5.41) is 8.96. The van der Waals surface area contributed by atoms with Gasteiger partial charge in [0.05, 0.1) is 11.3 Å². The third-order valence-corrected chi connectivity index (χ3v) is 2.37. The van der Waals surface area contributed by atoms with Gasteiger partial charge in [-0.1, -0.05) is 12.1 Å². The van der Waals surface area contributed by atoms with Crippen molar-refractivity contribution in [3.05, 3.63) is 53.7 Å². The Bertz CT molecular complexity index is 597. The van der Waals surface area contributed by atoms with Gasteiger partial charge in [-0.3, -0.25) is 9.78 Å². The van der Waals surface area contributed by atoms with Crippen LogP contribution in [0.5, 0.6) is 0 Å². The summed E-state index contributed by atoms with van der Waals surface area (Å²) >= 11 is 0. The van der Waals surface area contributed by atoms with Gasteiger partial charge >= 0.3 is 0 Å². The van der Waals surface area contributed by atoms with E-state index in [9.17, 15) is 4.79 Å². The van der Waals surface area contributed by atoms with Crippen LogP contribution in [-0.2, 0) is 0 Å². The smallest absolute Gasteiger partial charge is 0.248 e. The lowest BCUT2D eigenvalue weighted by Crippen LogP contribution is -2.10. The molecule has 4 nitrogen and oxygen atoms in total. The van der Waals surface area contributed by atoms with Gasteiger partial charge in [0.15, 0.2) is 0 Å². The molecule has 0 saturated heterocycles. The van der Waals surface area contributed by atoms with E-state index in [0.29, 0.717) is 16.8 Å². The van der Waals surface area contributed by atoms with E-state index in [0.717, 1.165) is 5.56 Å². The summed E-state index contributed by atoms with van der Waals surface area (Å²) in [7, 11) is 0. The lowest BCUT2D eigenvalue weighted by Gasteiger charge is -2.03. The zero-order chi connectivity index (χ0) is 12.3. The van der Waals surface area contributed by atoms with Crippen LogP contribution >= 0.6 is 0 Å². The Kier molecular flexibility index (Phi) is 2.84. The molecule has 0 aliphatic heterocycles. The van der Waals surface area contributed by atoms with E-state index < -0.39 is 5.91 Å². The summed E-state index contributed by atoms with van der Waals surface area (Å²) in [5.41, 5.74) is 7.47. The molecule has 0 aliphatic rings. The SMILES string of the molecule is N#Cc1cccnc1-c1ccc(C(N)=O)cc1. The van der Waals surface area contributed by atoms with Crippen molar-refractivity contribution in [1.29, 1.82) is 5.26 Å². The van der Waals surface area contributed by atoms with Crippen LogP contribution in [0.2, 0.25) is 0 Å². The maximum absolute atomic E-state index is 10.9. The molecule has 0 aliphatic carbocycles. The molecule has 0 fully saturated rings. The lowest BCUT2D eigenvalue weighted by molar-refractivity contribution is 0.100. The predicted octanol–water partition coefficient (Wildman–Crippen LogP) is 1.72. The first-order chi connectivity index (χ1) is 8.22. The molecule has 82 valence electrons.